The van der Waals surface area contributed by atoms with Crippen molar-refractivity contribution in [2.75, 3.05) is 18.0 Å². The zero-order valence-corrected chi connectivity index (χ0v) is 18.4. The predicted octanol–water partition coefficient (Wildman–Crippen LogP) is 3.11. The summed E-state index contributed by atoms with van der Waals surface area (Å²) in [7, 11) is 0. The number of halogens is 1. The van der Waals surface area contributed by atoms with Crippen LogP contribution in [0.4, 0.5) is 10.1 Å². The molecule has 0 amide bonds. The largest absolute Gasteiger partial charge is 0.477 e. The molecule has 1 aromatic heterocycles. The molecule has 32 heavy (non-hydrogen) atoms. The molecule has 0 saturated carbocycles. The highest BCUT2D eigenvalue weighted by molar-refractivity contribution is 5.95. The van der Waals surface area contributed by atoms with E-state index in [0.29, 0.717) is 47.6 Å². The van der Waals surface area contributed by atoms with E-state index >= 15 is 4.39 Å². The second-order valence-electron chi connectivity index (χ2n) is 9.59. The second-order valence-corrected chi connectivity index (χ2v) is 9.59. The standard InChI is InChI=1S/C24H28FN3O4/c1-11(2)13-4-5-20(26)16-8-27(7-15(13)16)22-18-10-32-12(3)28-9-17(24(30)31)23(29)14(21(18)28)6-19(22)25/h4-6,9,11-13,15-16,20H,7-8,10,26H2,1-3H3,(H,30,31). The van der Waals surface area contributed by atoms with Gasteiger partial charge in [0.15, 0.2) is 0 Å². The van der Waals surface area contributed by atoms with Gasteiger partial charge in [-0.25, -0.2) is 9.18 Å². The molecule has 8 heteroatoms. The smallest absolute Gasteiger partial charge is 0.341 e. The number of ether oxygens (including phenoxy) is 1. The molecule has 5 atom stereocenters. The molecule has 0 radical (unpaired) electrons. The van der Waals surface area contributed by atoms with Crippen molar-refractivity contribution in [1.29, 1.82) is 0 Å². The molecular weight excluding hydrogens is 413 g/mol. The molecule has 170 valence electrons. The fraction of sp³-hybridized carbons (Fsp3) is 0.500. The van der Waals surface area contributed by atoms with Crippen molar-refractivity contribution in [3.8, 4) is 0 Å². The first kappa shape index (κ1) is 21.2. The van der Waals surface area contributed by atoms with Gasteiger partial charge in [0, 0.05) is 36.8 Å². The number of carboxylic acids is 1. The van der Waals surface area contributed by atoms with Crippen LogP contribution in [-0.2, 0) is 11.3 Å². The number of hydrogen-bond acceptors (Lipinski definition) is 5. The maximum Gasteiger partial charge on any atom is 0.341 e. The lowest BCUT2D eigenvalue weighted by Crippen LogP contribution is -2.40. The molecule has 1 saturated heterocycles. The average Bonchev–Trinajstić information content (AvgIpc) is 3.17. The van der Waals surface area contributed by atoms with E-state index in [0.717, 1.165) is 0 Å². The van der Waals surface area contributed by atoms with Crippen LogP contribution in [0.25, 0.3) is 10.9 Å². The quantitative estimate of drug-likeness (QED) is 0.711. The molecule has 7 nitrogen and oxygen atoms in total. The molecule has 5 rings (SSSR count). The number of carbonyl (C=O) groups is 1. The first-order chi connectivity index (χ1) is 15.2. The van der Waals surface area contributed by atoms with Gasteiger partial charge in [-0.1, -0.05) is 26.0 Å². The summed E-state index contributed by atoms with van der Waals surface area (Å²) in [5.41, 5.74) is 6.92. The lowest BCUT2D eigenvalue weighted by molar-refractivity contribution is -0.00180. The van der Waals surface area contributed by atoms with Crippen LogP contribution in [0, 0.1) is 29.5 Å². The highest BCUT2D eigenvalue weighted by Crippen LogP contribution is 2.44. The van der Waals surface area contributed by atoms with Crippen LogP contribution in [0.1, 0.15) is 42.9 Å². The third kappa shape index (κ3) is 3.00. The fourth-order valence-corrected chi connectivity index (χ4v) is 5.87. The van der Waals surface area contributed by atoms with Gasteiger partial charge in [0.25, 0.3) is 0 Å². The highest BCUT2D eigenvalue weighted by atomic mass is 19.1. The molecule has 1 aliphatic carbocycles. The van der Waals surface area contributed by atoms with Crippen LogP contribution < -0.4 is 16.1 Å². The average molecular weight is 442 g/mol. The number of carboxylic acid groups (broad SMARTS) is 1. The van der Waals surface area contributed by atoms with Crippen molar-refractivity contribution in [2.24, 2.45) is 29.4 Å². The molecule has 2 aliphatic heterocycles. The Hall–Kier alpha value is -2.71. The normalized spacial score (nSPS) is 29.1. The highest BCUT2D eigenvalue weighted by Gasteiger charge is 2.44. The van der Waals surface area contributed by atoms with Crippen LogP contribution in [0.5, 0.6) is 0 Å². The summed E-state index contributed by atoms with van der Waals surface area (Å²) in [5, 5.41) is 9.53. The Balaban J connectivity index is 1.67. The number of hydrogen-bond donors (Lipinski definition) is 2. The van der Waals surface area contributed by atoms with E-state index in [-0.39, 0.29) is 24.0 Å². The number of aromatic nitrogens is 1. The minimum Gasteiger partial charge on any atom is -0.477 e. The van der Waals surface area contributed by atoms with Crippen molar-refractivity contribution in [3.05, 3.63) is 51.6 Å². The monoisotopic (exact) mass is 441 g/mol. The minimum atomic E-state index is -1.34. The van der Waals surface area contributed by atoms with E-state index in [1.165, 1.54) is 12.3 Å². The predicted molar refractivity (Wildman–Crippen MR) is 119 cm³/mol. The molecule has 2 aromatic rings. The number of nitrogens with two attached hydrogens (primary N) is 1. The SMILES string of the molecule is CC(C)C1C=CC(N)C2CN(c3c(F)cc4c(=O)c(C(=O)O)cn5c4c3COC5C)CC12. The van der Waals surface area contributed by atoms with Crippen molar-refractivity contribution in [3.63, 3.8) is 0 Å². The van der Waals surface area contributed by atoms with Gasteiger partial charge in [0.1, 0.15) is 17.6 Å². The summed E-state index contributed by atoms with van der Waals surface area (Å²) in [5.74, 6) is -0.508. The summed E-state index contributed by atoms with van der Waals surface area (Å²) in [4.78, 5) is 26.5. The second kappa shape index (κ2) is 7.42. The lowest BCUT2D eigenvalue weighted by atomic mass is 9.71. The zero-order valence-electron chi connectivity index (χ0n) is 18.4. The maximum atomic E-state index is 15.6. The summed E-state index contributed by atoms with van der Waals surface area (Å²) in [6.07, 6.45) is 5.12. The number of nitrogens with zero attached hydrogens (tertiary/aromatic N) is 2. The molecule has 3 N–H and O–H groups in total. The van der Waals surface area contributed by atoms with Crippen LogP contribution in [0.2, 0.25) is 0 Å². The Labute approximate surface area is 185 Å². The number of aromatic carboxylic acids is 1. The van der Waals surface area contributed by atoms with E-state index in [4.69, 9.17) is 10.5 Å². The summed E-state index contributed by atoms with van der Waals surface area (Å²) < 4.78 is 23.1. The number of rotatable bonds is 3. The third-order valence-corrected chi connectivity index (χ3v) is 7.47. The van der Waals surface area contributed by atoms with Crippen LogP contribution >= 0.6 is 0 Å². The zero-order chi connectivity index (χ0) is 22.9. The maximum absolute atomic E-state index is 15.6. The fourth-order valence-electron chi connectivity index (χ4n) is 5.87. The van der Waals surface area contributed by atoms with Gasteiger partial charge >= 0.3 is 5.97 Å². The molecule has 0 bridgehead atoms. The summed E-state index contributed by atoms with van der Waals surface area (Å²) >= 11 is 0. The van der Waals surface area contributed by atoms with Gasteiger partial charge in [-0.3, -0.25) is 4.79 Å². The van der Waals surface area contributed by atoms with Crippen molar-refractivity contribution in [1.82, 2.24) is 4.57 Å². The molecule has 3 heterocycles. The Morgan fingerprint density at radius 1 is 1.28 bits per heavy atom. The van der Waals surface area contributed by atoms with Crippen LogP contribution in [-0.4, -0.2) is 34.8 Å². The topological polar surface area (TPSA) is 97.8 Å². The molecule has 1 aromatic carbocycles. The van der Waals surface area contributed by atoms with E-state index in [1.807, 2.05) is 4.90 Å². The number of fused-ring (bicyclic) bond motifs is 1. The summed E-state index contributed by atoms with van der Waals surface area (Å²) in [6, 6.07) is 1.12. The van der Waals surface area contributed by atoms with Crippen LogP contribution in [0.3, 0.4) is 0 Å². The van der Waals surface area contributed by atoms with Gasteiger partial charge in [0.2, 0.25) is 5.43 Å². The first-order valence-electron chi connectivity index (χ1n) is 11.1. The minimum absolute atomic E-state index is 0.0753. The Kier molecular flexibility index (Phi) is 4.90. The lowest BCUT2D eigenvalue weighted by Gasteiger charge is -2.34. The number of benzene rings is 1. The Morgan fingerprint density at radius 2 is 2.00 bits per heavy atom. The molecular formula is C24H28FN3O4. The number of allylic oxidation sites excluding steroid dienone is 1. The van der Waals surface area contributed by atoms with Gasteiger partial charge in [-0.05, 0) is 30.7 Å². The van der Waals surface area contributed by atoms with Crippen molar-refractivity contribution in [2.45, 2.75) is 39.6 Å². The third-order valence-electron chi connectivity index (χ3n) is 7.47. The van der Waals surface area contributed by atoms with Gasteiger partial charge in [0.05, 0.1) is 23.2 Å². The van der Waals surface area contributed by atoms with Crippen molar-refractivity contribution >= 4 is 22.6 Å². The Morgan fingerprint density at radius 3 is 2.69 bits per heavy atom. The van der Waals surface area contributed by atoms with E-state index in [9.17, 15) is 14.7 Å². The van der Waals surface area contributed by atoms with Gasteiger partial charge in [-0.2, -0.15) is 0 Å². The van der Waals surface area contributed by atoms with E-state index in [1.54, 1.807) is 11.5 Å². The Bertz CT molecular complexity index is 1200. The number of pyridine rings is 1. The molecule has 0 spiro atoms. The van der Waals surface area contributed by atoms with Gasteiger partial charge < -0.3 is 25.0 Å². The van der Waals surface area contributed by atoms with Crippen LogP contribution in [0.15, 0.2) is 29.2 Å². The van der Waals surface area contributed by atoms with Gasteiger partial charge in [-0.15, -0.1) is 0 Å². The molecule has 3 aliphatic rings. The first-order valence-corrected chi connectivity index (χ1v) is 11.1. The summed E-state index contributed by atoms with van der Waals surface area (Å²) in [6.45, 7) is 7.62. The van der Waals surface area contributed by atoms with E-state index in [2.05, 4.69) is 26.0 Å². The molecule has 1 fully saturated rings. The molecule has 5 unspecified atom stereocenters. The number of anilines is 1. The van der Waals surface area contributed by atoms with Crippen molar-refractivity contribution < 1.29 is 19.0 Å². The van der Waals surface area contributed by atoms with E-state index < -0.39 is 29.0 Å².